The Morgan fingerprint density at radius 3 is 2.38 bits per heavy atom. The van der Waals surface area contributed by atoms with Crippen LogP contribution in [0.15, 0.2) is 65.1 Å². The Morgan fingerprint density at radius 2 is 1.71 bits per heavy atom. The highest BCUT2D eigenvalue weighted by Crippen LogP contribution is 2.26. The van der Waals surface area contributed by atoms with Gasteiger partial charge in [-0.2, -0.15) is 0 Å². The first-order valence-electron chi connectivity index (χ1n) is 7.86. The van der Waals surface area contributed by atoms with E-state index in [1.807, 2.05) is 55.5 Å². The average Bonchev–Trinajstić information content (AvgIpc) is 2.58. The molecule has 3 aromatic rings. The van der Waals surface area contributed by atoms with Crippen LogP contribution in [-0.2, 0) is 0 Å². The number of nitrogens with one attached hydrogen (secondary N) is 1. The summed E-state index contributed by atoms with van der Waals surface area (Å²) < 4.78 is 1.05. The lowest BCUT2D eigenvalue weighted by Gasteiger charge is -2.23. The van der Waals surface area contributed by atoms with Crippen LogP contribution in [0.3, 0.4) is 0 Å². The van der Waals surface area contributed by atoms with Crippen LogP contribution in [0.4, 0.5) is 23.0 Å². The molecule has 0 saturated carbocycles. The van der Waals surface area contributed by atoms with Gasteiger partial charge in [-0.1, -0.05) is 34.1 Å². The molecule has 0 aliphatic carbocycles. The molecule has 0 amide bonds. The lowest BCUT2D eigenvalue weighted by atomic mass is 10.2. The van der Waals surface area contributed by atoms with Crippen LogP contribution in [0.1, 0.15) is 12.7 Å². The lowest BCUT2D eigenvalue weighted by molar-refractivity contribution is 0.953. The van der Waals surface area contributed by atoms with Gasteiger partial charge in [-0.05, 0) is 50.2 Å². The molecule has 0 saturated heterocycles. The van der Waals surface area contributed by atoms with Gasteiger partial charge in [0.25, 0.3) is 0 Å². The van der Waals surface area contributed by atoms with Gasteiger partial charge >= 0.3 is 0 Å². The monoisotopic (exact) mass is 382 g/mol. The molecule has 1 N–H and O–H groups in total. The number of hydrogen-bond donors (Lipinski definition) is 1. The molecule has 122 valence electrons. The van der Waals surface area contributed by atoms with Crippen LogP contribution in [-0.4, -0.2) is 16.5 Å². The van der Waals surface area contributed by atoms with Crippen molar-refractivity contribution in [1.82, 2.24) is 9.97 Å². The Morgan fingerprint density at radius 1 is 1.00 bits per heavy atom. The summed E-state index contributed by atoms with van der Waals surface area (Å²) in [6, 6.07) is 20.3. The summed E-state index contributed by atoms with van der Waals surface area (Å²) in [7, 11) is 0. The summed E-state index contributed by atoms with van der Waals surface area (Å²) in [5.74, 6) is 2.41. The maximum absolute atomic E-state index is 4.60. The van der Waals surface area contributed by atoms with Gasteiger partial charge in [0, 0.05) is 28.5 Å². The fourth-order valence-corrected chi connectivity index (χ4v) is 2.78. The summed E-state index contributed by atoms with van der Waals surface area (Å²) >= 11 is 3.45. The molecule has 0 unspecified atom stereocenters. The molecule has 4 nitrogen and oxygen atoms in total. The van der Waals surface area contributed by atoms with Crippen molar-refractivity contribution in [2.45, 2.75) is 13.8 Å². The highest BCUT2D eigenvalue weighted by atomic mass is 79.9. The Balaban J connectivity index is 1.92. The Bertz CT molecular complexity index is 803. The van der Waals surface area contributed by atoms with E-state index in [-0.39, 0.29) is 0 Å². The molecule has 1 heterocycles. The molecular weight excluding hydrogens is 364 g/mol. The van der Waals surface area contributed by atoms with Crippen LogP contribution in [0.2, 0.25) is 0 Å². The summed E-state index contributed by atoms with van der Waals surface area (Å²) in [5.41, 5.74) is 2.11. The minimum absolute atomic E-state index is 0.737. The maximum Gasteiger partial charge on any atom is 0.138 e. The SMILES string of the molecule is CCN(c1ccccc1)c1cc(Nc2ccc(Br)cc2)nc(C)n1. The summed E-state index contributed by atoms with van der Waals surface area (Å²) in [5, 5.41) is 3.34. The van der Waals surface area contributed by atoms with Crippen LogP contribution in [0.5, 0.6) is 0 Å². The van der Waals surface area contributed by atoms with Crippen molar-refractivity contribution in [1.29, 1.82) is 0 Å². The van der Waals surface area contributed by atoms with Gasteiger partial charge in [-0.3, -0.25) is 0 Å². The zero-order chi connectivity index (χ0) is 16.9. The molecule has 0 fully saturated rings. The van der Waals surface area contributed by atoms with Crippen molar-refractivity contribution in [2.75, 3.05) is 16.8 Å². The molecule has 0 spiro atoms. The molecule has 24 heavy (non-hydrogen) atoms. The fourth-order valence-electron chi connectivity index (χ4n) is 2.52. The fraction of sp³-hybridized carbons (Fsp3) is 0.158. The molecule has 1 aromatic heterocycles. The number of benzene rings is 2. The van der Waals surface area contributed by atoms with Crippen molar-refractivity contribution in [3.63, 3.8) is 0 Å². The second kappa shape index (κ2) is 7.45. The highest BCUT2D eigenvalue weighted by Gasteiger charge is 2.11. The number of aryl methyl sites for hydroxylation is 1. The van der Waals surface area contributed by atoms with Gasteiger partial charge in [0.15, 0.2) is 0 Å². The van der Waals surface area contributed by atoms with Crippen LogP contribution in [0, 0.1) is 6.92 Å². The number of nitrogens with zero attached hydrogens (tertiary/aromatic N) is 3. The minimum Gasteiger partial charge on any atom is -0.340 e. The second-order valence-corrected chi connectivity index (χ2v) is 6.29. The molecule has 0 aliphatic rings. The number of rotatable bonds is 5. The molecule has 2 aromatic carbocycles. The van der Waals surface area contributed by atoms with E-state index in [1.165, 1.54) is 0 Å². The zero-order valence-electron chi connectivity index (χ0n) is 13.7. The van der Waals surface area contributed by atoms with Crippen molar-refractivity contribution in [2.24, 2.45) is 0 Å². The van der Waals surface area contributed by atoms with Crippen LogP contribution in [0.25, 0.3) is 0 Å². The molecular formula is C19H19BrN4. The van der Waals surface area contributed by atoms with Crippen molar-refractivity contribution >= 4 is 38.9 Å². The van der Waals surface area contributed by atoms with Gasteiger partial charge in [0.1, 0.15) is 17.5 Å². The molecule has 5 heteroatoms. The Kier molecular flexibility index (Phi) is 5.11. The lowest BCUT2D eigenvalue weighted by Crippen LogP contribution is -2.18. The standard InChI is InChI=1S/C19H19BrN4/c1-3-24(17-7-5-4-6-8-17)19-13-18(21-14(2)22-19)23-16-11-9-15(20)10-12-16/h4-13H,3H2,1-2H3,(H,21,22,23). The average molecular weight is 383 g/mol. The first-order chi connectivity index (χ1) is 11.7. The summed E-state index contributed by atoms with van der Waals surface area (Å²) in [4.78, 5) is 11.3. The predicted molar refractivity (Wildman–Crippen MR) is 103 cm³/mol. The van der Waals surface area contributed by atoms with Crippen LogP contribution < -0.4 is 10.2 Å². The highest BCUT2D eigenvalue weighted by molar-refractivity contribution is 9.10. The first kappa shape index (κ1) is 16.5. The van der Waals surface area contributed by atoms with E-state index >= 15 is 0 Å². The first-order valence-corrected chi connectivity index (χ1v) is 8.66. The van der Waals surface area contributed by atoms with Crippen molar-refractivity contribution in [3.8, 4) is 0 Å². The van der Waals surface area contributed by atoms with Gasteiger partial charge < -0.3 is 10.2 Å². The molecule has 0 radical (unpaired) electrons. The van der Waals surface area contributed by atoms with Crippen molar-refractivity contribution in [3.05, 3.63) is 71.0 Å². The van der Waals surface area contributed by atoms with E-state index in [1.54, 1.807) is 0 Å². The van der Waals surface area contributed by atoms with E-state index in [4.69, 9.17) is 0 Å². The topological polar surface area (TPSA) is 41.0 Å². The maximum atomic E-state index is 4.60. The number of para-hydroxylation sites is 1. The minimum atomic E-state index is 0.737. The quantitative estimate of drug-likeness (QED) is 0.636. The van der Waals surface area contributed by atoms with Crippen molar-refractivity contribution < 1.29 is 0 Å². The van der Waals surface area contributed by atoms with Gasteiger partial charge in [0.2, 0.25) is 0 Å². The van der Waals surface area contributed by atoms with Crippen LogP contribution >= 0.6 is 15.9 Å². The van der Waals surface area contributed by atoms with E-state index in [2.05, 4.69) is 55.2 Å². The normalized spacial score (nSPS) is 10.5. The third kappa shape index (κ3) is 3.92. The van der Waals surface area contributed by atoms with E-state index in [0.717, 1.165) is 39.9 Å². The largest absolute Gasteiger partial charge is 0.340 e. The third-order valence-electron chi connectivity index (χ3n) is 3.60. The predicted octanol–water partition coefficient (Wildman–Crippen LogP) is 5.45. The smallest absolute Gasteiger partial charge is 0.138 e. The van der Waals surface area contributed by atoms with Gasteiger partial charge in [-0.25, -0.2) is 9.97 Å². The van der Waals surface area contributed by atoms with E-state index < -0.39 is 0 Å². The Labute approximate surface area is 150 Å². The number of anilines is 4. The molecule has 0 aliphatic heterocycles. The molecule has 3 rings (SSSR count). The molecule has 0 atom stereocenters. The van der Waals surface area contributed by atoms with E-state index in [0.29, 0.717) is 0 Å². The number of aromatic nitrogens is 2. The summed E-state index contributed by atoms with van der Waals surface area (Å²) in [6.45, 7) is 4.86. The Hall–Kier alpha value is -2.40. The van der Waals surface area contributed by atoms with Gasteiger partial charge in [0.05, 0.1) is 0 Å². The molecule has 0 bridgehead atoms. The number of halogens is 1. The number of hydrogen-bond acceptors (Lipinski definition) is 4. The third-order valence-corrected chi connectivity index (χ3v) is 4.13. The summed E-state index contributed by atoms with van der Waals surface area (Å²) in [6.07, 6.45) is 0. The van der Waals surface area contributed by atoms with E-state index in [9.17, 15) is 0 Å². The zero-order valence-corrected chi connectivity index (χ0v) is 15.3. The van der Waals surface area contributed by atoms with Gasteiger partial charge in [-0.15, -0.1) is 0 Å². The second-order valence-electron chi connectivity index (χ2n) is 5.37.